The van der Waals surface area contributed by atoms with E-state index in [1.54, 1.807) is 18.2 Å². The van der Waals surface area contributed by atoms with E-state index in [-0.39, 0.29) is 13.0 Å². The van der Waals surface area contributed by atoms with Crippen LogP contribution in [0.15, 0.2) is 30.3 Å². The Morgan fingerprint density at radius 3 is 2.75 bits per heavy atom. The van der Waals surface area contributed by atoms with Gasteiger partial charge < -0.3 is 10.2 Å². The first kappa shape index (κ1) is 10.6. The Balaban J connectivity index is 2.43. The predicted octanol–water partition coefficient (Wildman–Crippen LogP) is 1.35. The van der Waals surface area contributed by atoms with Gasteiger partial charge >= 0.3 is 5.97 Å². The van der Waals surface area contributed by atoms with E-state index in [9.17, 15) is 4.79 Å². The molecule has 2 rings (SSSR count). The molecule has 4 nitrogen and oxygen atoms in total. The summed E-state index contributed by atoms with van der Waals surface area (Å²) >= 11 is 0. The van der Waals surface area contributed by atoms with Crippen molar-refractivity contribution in [1.29, 1.82) is 0 Å². The number of nitrogens with zero attached hydrogens (tertiary/aromatic N) is 1. The third-order valence-corrected chi connectivity index (χ3v) is 2.33. The van der Waals surface area contributed by atoms with E-state index < -0.39 is 5.97 Å². The molecule has 0 aliphatic rings. The summed E-state index contributed by atoms with van der Waals surface area (Å²) in [5, 5.41) is 18.5. The van der Waals surface area contributed by atoms with Gasteiger partial charge in [-0.15, -0.1) is 0 Å². The maximum Gasteiger partial charge on any atom is 0.309 e. The molecular weight excluding hydrogens is 206 g/mol. The van der Waals surface area contributed by atoms with Crippen LogP contribution < -0.4 is 0 Å². The molecule has 82 valence electrons. The Bertz CT molecular complexity index is 537. The van der Waals surface area contributed by atoms with Crippen LogP contribution in [-0.4, -0.2) is 21.2 Å². The first-order valence-corrected chi connectivity index (χ1v) is 4.90. The summed E-state index contributed by atoms with van der Waals surface area (Å²) in [7, 11) is 0. The number of rotatable bonds is 3. The van der Waals surface area contributed by atoms with Crippen molar-refractivity contribution in [2.24, 2.45) is 0 Å². The molecule has 0 radical (unpaired) electrons. The molecule has 1 aromatic carbocycles. The Labute approximate surface area is 92.2 Å². The smallest absolute Gasteiger partial charge is 0.309 e. The largest absolute Gasteiger partial charge is 0.481 e. The lowest BCUT2D eigenvalue weighted by atomic mass is 10.1. The summed E-state index contributed by atoms with van der Waals surface area (Å²) in [5.41, 5.74) is 2.10. The van der Waals surface area contributed by atoms with Crippen molar-refractivity contribution < 1.29 is 15.0 Å². The molecule has 0 unspecified atom stereocenters. The van der Waals surface area contributed by atoms with Crippen LogP contribution in [0.1, 0.15) is 11.3 Å². The Morgan fingerprint density at radius 1 is 1.25 bits per heavy atom. The maximum atomic E-state index is 10.5. The topological polar surface area (TPSA) is 70.4 Å². The molecule has 2 aromatic rings. The lowest BCUT2D eigenvalue weighted by Gasteiger charge is -2.02. The van der Waals surface area contributed by atoms with E-state index in [1.165, 1.54) is 0 Å². The normalized spacial score (nSPS) is 10.6. The number of benzene rings is 1. The molecule has 0 amide bonds. The van der Waals surface area contributed by atoms with Crippen LogP contribution in [-0.2, 0) is 17.8 Å². The van der Waals surface area contributed by atoms with Crippen molar-refractivity contribution in [1.82, 2.24) is 4.98 Å². The number of carboxylic acid groups (broad SMARTS) is 1. The second kappa shape index (κ2) is 4.28. The van der Waals surface area contributed by atoms with Crippen molar-refractivity contribution in [3.8, 4) is 0 Å². The van der Waals surface area contributed by atoms with Gasteiger partial charge in [-0.3, -0.25) is 9.78 Å². The fourth-order valence-electron chi connectivity index (χ4n) is 1.57. The zero-order valence-electron chi connectivity index (χ0n) is 8.55. The van der Waals surface area contributed by atoms with Gasteiger partial charge in [-0.1, -0.05) is 12.1 Å². The van der Waals surface area contributed by atoms with E-state index in [0.717, 1.165) is 16.5 Å². The number of carbonyl (C=O) groups is 1. The number of aliphatic carboxylic acids is 1. The summed E-state index contributed by atoms with van der Waals surface area (Å²) in [6.45, 7) is -0.00713. The van der Waals surface area contributed by atoms with Gasteiger partial charge in [0.05, 0.1) is 24.2 Å². The number of aromatic nitrogens is 1. The van der Waals surface area contributed by atoms with Gasteiger partial charge in [-0.05, 0) is 23.8 Å². The minimum atomic E-state index is -0.890. The highest BCUT2D eigenvalue weighted by molar-refractivity contribution is 5.80. The van der Waals surface area contributed by atoms with Gasteiger partial charge in [0, 0.05) is 5.39 Å². The van der Waals surface area contributed by atoms with E-state index in [1.807, 2.05) is 12.1 Å². The highest BCUT2D eigenvalue weighted by Crippen LogP contribution is 2.15. The lowest BCUT2D eigenvalue weighted by molar-refractivity contribution is -0.136. The second-order valence-corrected chi connectivity index (χ2v) is 3.56. The summed E-state index contributed by atoms with van der Waals surface area (Å²) in [4.78, 5) is 14.8. The quantitative estimate of drug-likeness (QED) is 0.814. The zero-order chi connectivity index (χ0) is 11.5. The number of pyridine rings is 1. The van der Waals surface area contributed by atoms with Crippen molar-refractivity contribution >= 4 is 16.9 Å². The highest BCUT2D eigenvalue weighted by atomic mass is 16.4. The third kappa shape index (κ3) is 2.17. The van der Waals surface area contributed by atoms with Gasteiger partial charge in [0.2, 0.25) is 0 Å². The minimum absolute atomic E-state index is 0.00713. The molecule has 0 fully saturated rings. The highest BCUT2D eigenvalue weighted by Gasteiger charge is 2.03. The SMILES string of the molecule is O=C(O)Cc1ccc2cc(CO)ccc2n1. The first-order valence-electron chi connectivity index (χ1n) is 4.90. The zero-order valence-corrected chi connectivity index (χ0v) is 8.55. The molecule has 16 heavy (non-hydrogen) atoms. The summed E-state index contributed by atoms with van der Waals surface area (Å²) < 4.78 is 0. The summed E-state index contributed by atoms with van der Waals surface area (Å²) in [5.74, 6) is -0.890. The Kier molecular flexibility index (Phi) is 2.83. The predicted molar refractivity (Wildman–Crippen MR) is 59.0 cm³/mol. The van der Waals surface area contributed by atoms with Crippen LogP contribution in [0.25, 0.3) is 10.9 Å². The molecule has 0 saturated heterocycles. The van der Waals surface area contributed by atoms with E-state index in [0.29, 0.717) is 5.69 Å². The Morgan fingerprint density at radius 2 is 2.06 bits per heavy atom. The molecule has 2 N–H and O–H groups in total. The van der Waals surface area contributed by atoms with Crippen LogP contribution in [0.5, 0.6) is 0 Å². The fraction of sp³-hybridized carbons (Fsp3) is 0.167. The number of aliphatic hydroxyl groups excluding tert-OH is 1. The van der Waals surface area contributed by atoms with Gasteiger partial charge in [0.15, 0.2) is 0 Å². The van der Waals surface area contributed by atoms with Crippen molar-refractivity contribution in [2.45, 2.75) is 13.0 Å². The van der Waals surface area contributed by atoms with Crippen LogP contribution in [0, 0.1) is 0 Å². The van der Waals surface area contributed by atoms with E-state index in [4.69, 9.17) is 10.2 Å². The lowest BCUT2D eigenvalue weighted by Crippen LogP contribution is -2.02. The van der Waals surface area contributed by atoms with Gasteiger partial charge in [-0.25, -0.2) is 0 Å². The molecule has 1 aromatic heterocycles. The van der Waals surface area contributed by atoms with Crippen LogP contribution in [0.3, 0.4) is 0 Å². The molecule has 4 heteroatoms. The van der Waals surface area contributed by atoms with Crippen LogP contribution in [0.4, 0.5) is 0 Å². The monoisotopic (exact) mass is 217 g/mol. The minimum Gasteiger partial charge on any atom is -0.481 e. The molecular formula is C12H11NO3. The number of hydrogen-bond acceptors (Lipinski definition) is 3. The van der Waals surface area contributed by atoms with E-state index in [2.05, 4.69) is 4.98 Å². The fourth-order valence-corrected chi connectivity index (χ4v) is 1.57. The van der Waals surface area contributed by atoms with Gasteiger partial charge in [-0.2, -0.15) is 0 Å². The van der Waals surface area contributed by atoms with Crippen molar-refractivity contribution in [2.75, 3.05) is 0 Å². The number of carboxylic acids is 1. The average molecular weight is 217 g/mol. The van der Waals surface area contributed by atoms with Gasteiger partial charge in [0.25, 0.3) is 0 Å². The third-order valence-electron chi connectivity index (χ3n) is 2.33. The van der Waals surface area contributed by atoms with Crippen molar-refractivity contribution in [3.63, 3.8) is 0 Å². The molecule has 0 aliphatic heterocycles. The molecule has 0 bridgehead atoms. The van der Waals surface area contributed by atoms with Crippen molar-refractivity contribution in [3.05, 3.63) is 41.6 Å². The summed E-state index contributed by atoms with van der Waals surface area (Å²) in [6.07, 6.45) is -0.0717. The Hall–Kier alpha value is -1.94. The molecule has 0 saturated carbocycles. The first-order chi connectivity index (χ1) is 7.69. The van der Waals surface area contributed by atoms with E-state index >= 15 is 0 Å². The standard InChI is InChI=1S/C12H11NO3/c14-7-8-1-4-11-9(5-8)2-3-10(13-11)6-12(15)16/h1-5,14H,6-7H2,(H,15,16). The molecule has 0 spiro atoms. The average Bonchev–Trinajstić information content (AvgIpc) is 2.27. The molecule has 0 atom stereocenters. The van der Waals surface area contributed by atoms with Crippen LogP contribution >= 0.6 is 0 Å². The maximum absolute atomic E-state index is 10.5. The molecule has 0 aliphatic carbocycles. The second-order valence-electron chi connectivity index (χ2n) is 3.56. The summed E-state index contributed by atoms with van der Waals surface area (Å²) in [6, 6.07) is 8.91. The number of hydrogen-bond donors (Lipinski definition) is 2. The molecule has 1 heterocycles. The van der Waals surface area contributed by atoms with Crippen LogP contribution in [0.2, 0.25) is 0 Å². The number of aliphatic hydroxyl groups is 1. The van der Waals surface area contributed by atoms with Gasteiger partial charge in [0.1, 0.15) is 0 Å². The number of fused-ring (bicyclic) bond motifs is 1.